The lowest BCUT2D eigenvalue weighted by Crippen LogP contribution is -2.11. The summed E-state index contributed by atoms with van der Waals surface area (Å²) in [7, 11) is 0. The summed E-state index contributed by atoms with van der Waals surface area (Å²) in [5.41, 5.74) is 9.39. The van der Waals surface area contributed by atoms with Crippen LogP contribution in [0.2, 0.25) is 0 Å². The molecule has 8 aromatic rings. The fourth-order valence-corrected chi connectivity index (χ4v) is 6.25. The van der Waals surface area contributed by atoms with E-state index in [0.29, 0.717) is 17.5 Å². The first-order valence-corrected chi connectivity index (χ1v) is 15.9. The average Bonchev–Trinajstić information content (AvgIpc) is 3.45. The van der Waals surface area contributed by atoms with Gasteiger partial charge in [-0.2, -0.15) is 0 Å². The molecule has 0 amide bonds. The first kappa shape index (κ1) is 28.5. The molecule has 0 aliphatic heterocycles. The van der Waals surface area contributed by atoms with Crippen LogP contribution in [0, 0.1) is 0 Å². The number of rotatable bonds is 5. The van der Waals surface area contributed by atoms with E-state index in [9.17, 15) is 0 Å². The highest BCUT2D eigenvalue weighted by molar-refractivity contribution is 6.10. The van der Waals surface area contributed by atoms with E-state index < -0.39 is 0 Å². The Kier molecular flexibility index (Phi) is 6.95. The summed E-state index contributed by atoms with van der Waals surface area (Å²) in [5, 5.41) is 2.41. The summed E-state index contributed by atoms with van der Waals surface area (Å²) in [6.45, 7) is 6.78. The van der Waals surface area contributed by atoms with Gasteiger partial charge in [-0.25, -0.2) is 15.0 Å². The van der Waals surface area contributed by atoms with Crippen LogP contribution in [-0.2, 0) is 5.41 Å². The molecule has 5 nitrogen and oxygen atoms in total. The van der Waals surface area contributed by atoms with Gasteiger partial charge in [-0.3, -0.25) is 4.98 Å². The molecule has 3 heterocycles. The Labute approximate surface area is 274 Å². The van der Waals surface area contributed by atoms with Gasteiger partial charge in [0.2, 0.25) is 0 Å². The molecule has 226 valence electrons. The Hall–Kier alpha value is -5.94. The van der Waals surface area contributed by atoms with E-state index >= 15 is 0 Å². The number of pyridine rings is 1. The predicted octanol–water partition coefficient (Wildman–Crippen LogP) is 10.3. The molecule has 47 heavy (non-hydrogen) atoms. The zero-order valence-corrected chi connectivity index (χ0v) is 26.6. The molecular weight excluding hydrogens is 574 g/mol. The number of hydrogen-bond donors (Lipinski definition) is 0. The summed E-state index contributed by atoms with van der Waals surface area (Å²) >= 11 is 0. The molecule has 0 atom stereocenters. The van der Waals surface area contributed by atoms with E-state index in [1.54, 1.807) is 6.20 Å². The van der Waals surface area contributed by atoms with Crippen molar-refractivity contribution in [3.63, 3.8) is 0 Å². The minimum absolute atomic E-state index is 0.00808. The highest BCUT2D eigenvalue weighted by Crippen LogP contribution is 2.39. The van der Waals surface area contributed by atoms with E-state index in [1.807, 2.05) is 72.9 Å². The lowest BCUT2D eigenvalue weighted by molar-refractivity contribution is 0.591. The zero-order valence-electron chi connectivity index (χ0n) is 26.6. The predicted molar refractivity (Wildman–Crippen MR) is 192 cm³/mol. The zero-order chi connectivity index (χ0) is 32.0. The third kappa shape index (κ3) is 5.26. The molecule has 0 radical (unpaired) electrons. The number of hydrogen-bond acceptors (Lipinski definition) is 4. The molecule has 0 bridgehead atoms. The van der Waals surface area contributed by atoms with Crippen molar-refractivity contribution in [1.29, 1.82) is 0 Å². The second-order valence-corrected chi connectivity index (χ2v) is 12.8. The molecule has 5 aromatic carbocycles. The quantitative estimate of drug-likeness (QED) is 0.195. The first-order chi connectivity index (χ1) is 22.9. The molecule has 5 heteroatoms. The molecule has 0 spiro atoms. The van der Waals surface area contributed by atoms with Crippen LogP contribution < -0.4 is 0 Å². The highest BCUT2D eigenvalue weighted by Gasteiger charge is 2.22. The van der Waals surface area contributed by atoms with Crippen LogP contribution in [0.3, 0.4) is 0 Å². The minimum atomic E-state index is -0.00808. The highest BCUT2D eigenvalue weighted by atomic mass is 15.1. The van der Waals surface area contributed by atoms with Gasteiger partial charge in [0.1, 0.15) is 0 Å². The minimum Gasteiger partial charge on any atom is -0.308 e. The van der Waals surface area contributed by atoms with E-state index in [-0.39, 0.29) is 5.41 Å². The third-order valence-corrected chi connectivity index (χ3v) is 8.71. The molecule has 0 saturated carbocycles. The topological polar surface area (TPSA) is 56.5 Å². The summed E-state index contributed by atoms with van der Waals surface area (Å²) in [6, 6.07) is 46.3. The largest absolute Gasteiger partial charge is 0.308 e. The fourth-order valence-electron chi connectivity index (χ4n) is 6.25. The van der Waals surface area contributed by atoms with E-state index in [2.05, 4.69) is 97.1 Å². The van der Waals surface area contributed by atoms with E-state index in [0.717, 1.165) is 44.5 Å². The summed E-state index contributed by atoms with van der Waals surface area (Å²) in [6.07, 6.45) is 3.70. The molecule has 0 unspecified atom stereocenters. The molecule has 0 fully saturated rings. The summed E-state index contributed by atoms with van der Waals surface area (Å²) in [4.78, 5) is 19.7. The van der Waals surface area contributed by atoms with E-state index in [4.69, 9.17) is 15.0 Å². The number of para-hydroxylation sites is 1. The Balaban J connectivity index is 1.47. The van der Waals surface area contributed by atoms with Crippen LogP contribution in [-0.4, -0.2) is 24.5 Å². The van der Waals surface area contributed by atoms with Gasteiger partial charge in [-0.1, -0.05) is 124 Å². The number of nitrogens with zero attached hydrogens (tertiary/aromatic N) is 5. The van der Waals surface area contributed by atoms with Crippen molar-refractivity contribution in [2.45, 2.75) is 26.2 Å². The fraction of sp³-hybridized carbons (Fsp3) is 0.0952. The smallest absolute Gasteiger partial charge is 0.166 e. The van der Waals surface area contributed by atoms with Crippen molar-refractivity contribution in [2.75, 3.05) is 0 Å². The van der Waals surface area contributed by atoms with Gasteiger partial charge in [0, 0.05) is 45.4 Å². The van der Waals surface area contributed by atoms with Gasteiger partial charge in [-0.15, -0.1) is 0 Å². The molecule has 0 saturated heterocycles. The maximum atomic E-state index is 5.17. The number of benzene rings is 5. The Morgan fingerprint density at radius 3 is 1.77 bits per heavy atom. The van der Waals surface area contributed by atoms with Gasteiger partial charge < -0.3 is 4.57 Å². The molecule has 8 rings (SSSR count). The van der Waals surface area contributed by atoms with Crippen molar-refractivity contribution in [3.05, 3.63) is 151 Å². The van der Waals surface area contributed by atoms with Gasteiger partial charge >= 0.3 is 0 Å². The van der Waals surface area contributed by atoms with Gasteiger partial charge in [-0.05, 0) is 46.9 Å². The average molecular weight is 608 g/mol. The lowest BCUT2D eigenvalue weighted by Gasteiger charge is -2.20. The first-order valence-electron chi connectivity index (χ1n) is 15.9. The van der Waals surface area contributed by atoms with Crippen molar-refractivity contribution < 1.29 is 0 Å². The van der Waals surface area contributed by atoms with Gasteiger partial charge in [0.25, 0.3) is 0 Å². The lowest BCUT2D eigenvalue weighted by atomic mass is 9.86. The van der Waals surface area contributed by atoms with Gasteiger partial charge in [0.05, 0.1) is 16.7 Å². The van der Waals surface area contributed by atoms with Crippen LogP contribution in [0.4, 0.5) is 0 Å². The summed E-state index contributed by atoms with van der Waals surface area (Å²) < 4.78 is 2.37. The second-order valence-electron chi connectivity index (χ2n) is 12.8. The Morgan fingerprint density at radius 2 is 1.11 bits per heavy atom. The second kappa shape index (κ2) is 11.5. The van der Waals surface area contributed by atoms with Crippen LogP contribution in [0.25, 0.3) is 72.8 Å². The molecule has 3 aromatic heterocycles. The van der Waals surface area contributed by atoms with Crippen molar-refractivity contribution in [3.8, 4) is 51.0 Å². The Morgan fingerprint density at radius 1 is 0.489 bits per heavy atom. The molecule has 0 aliphatic rings. The van der Waals surface area contributed by atoms with Crippen LogP contribution in [0.5, 0.6) is 0 Å². The maximum Gasteiger partial charge on any atom is 0.166 e. The van der Waals surface area contributed by atoms with E-state index in [1.165, 1.54) is 16.3 Å². The van der Waals surface area contributed by atoms with Crippen molar-refractivity contribution in [2.24, 2.45) is 0 Å². The van der Waals surface area contributed by atoms with Gasteiger partial charge in [0.15, 0.2) is 17.5 Å². The van der Waals surface area contributed by atoms with Crippen LogP contribution >= 0.6 is 0 Å². The summed E-state index contributed by atoms with van der Waals surface area (Å²) in [5.74, 6) is 1.87. The maximum absolute atomic E-state index is 5.17. The van der Waals surface area contributed by atoms with Crippen molar-refractivity contribution in [1.82, 2.24) is 24.5 Å². The normalized spacial score (nSPS) is 11.7. The Bertz CT molecular complexity index is 2310. The van der Waals surface area contributed by atoms with Crippen LogP contribution in [0.1, 0.15) is 26.3 Å². The molecular formula is C42H33N5. The standard InChI is InChI=1S/C42H33N5/c1-42(2,3)32-21-22-34-33-18-10-11-19-36(33)47(38(34)26-32)37-23-20-30(31-17-12-24-43-27-31)25-35(37)41-45-39(28-13-6-4-7-14-28)44-40(46-41)29-15-8-5-9-16-29/h4-27H,1-3H3. The third-order valence-electron chi connectivity index (χ3n) is 8.71. The molecule has 0 N–H and O–H groups in total. The SMILES string of the molecule is CC(C)(C)c1ccc2c3ccccc3n(-c3ccc(-c4cccnc4)cc3-c3nc(-c4ccccc4)nc(-c4ccccc4)n3)c2c1. The van der Waals surface area contributed by atoms with Crippen molar-refractivity contribution >= 4 is 21.8 Å². The molecule has 0 aliphatic carbocycles. The number of aromatic nitrogens is 5. The van der Waals surface area contributed by atoms with Crippen LogP contribution in [0.15, 0.2) is 146 Å². The monoisotopic (exact) mass is 607 g/mol. The number of fused-ring (bicyclic) bond motifs is 3.